The maximum absolute atomic E-state index is 12.3. The minimum atomic E-state index is -0.576. The van der Waals surface area contributed by atoms with Crippen molar-refractivity contribution in [3.8, 4) is 0 Å². The highest BCUT2D eigenvalue weighted by Crippen LogP contribution is 2.47. The second-order valence-corrected chi connectivity index (χ2v) is 5.09. The Morgan fingerprint density at radius 1 is 1.47 bits per heavy atom. The van der Waals surface area contributed by atoms with Crippen molar-refractivity contribution in [3.63, 3.8) is 0 Å². The lowest BCUT2D eigenvalue weighted by Crippen LogP contribution is -2.40. The van der Waals surface area contributed by atoms with Crippen LogP contribution in [0.4, 0.5) is 5.69 Å². The van der Waals surface area contributed by atoms with E-state index in [0.29, 0.717) is 4.99 Å². The van der Waals surface area contributed by atoms with Crippen LogP contribution in [0.25, 0.3) is 0 Å². The van der Waals surface area contributed by atoms with Gasteiger partial charge in [-0.1, -0.05) is 24.4 Å². The lowest BCUT2D eigenvalue weighted by atomic mass is 10.1. The Kier molecular flexibility index (Phi) is 2.91. The summed E-state index contributed by atoms with van der Waals surface area (Å²) in [6.45, 7) is 2.00. The zero-order chi connectivity index (χ0) is 12.6. The van der Waals surface area contributed by atoms with Crippen molar-refractivity contribution in [1.82, 2.24) is 0 Å². The Balaban J connectivity index is 2.24. The molecular formula is C13H16N2OS. The van der Waals surface area contributed by atoms with Gasteiger partial charge in [-0.05, 0) is 37.5 Å². The summed E-state index contributed by atoms with van der Waals surface area (Å²) < 4.78 is 0. The number of carbonyl (C=O) groups excluding carboxylic acids is 1. The molecule has 90 valence electrons. The van der Waals surface area contributed by atoms with Crippen LogP contribution < -0.4 is 10.6 Å². The third kappa shape index (κ3) is 2.05. The molecule has 0 aliphatic heterocycles. The number of thiocarbonyl (C=S) groups is 1. The van der Waals surface area contributed by atoms with E-state index in [-0.39, 0.29) is 5.91 Å². The molecule has 0 unspecified atom stereocenters. The Hall–Kier alpha value is -1.42. The van der Waals surface area contributed by atoms with Crippen molar-refractivity contribution < 1.29 is 4.79 Å². The third-order valence-electron chi connectivity index (χ3n) is 3.32. The van der Waals surface area contributed by atoms with Gasteiger partial charge in [-0.2, -0.15) is 0 Å². The van der Waals surface area contributed by atoms with E-state index < -0.39 is 5.41 Å². The second-order valence-electron chi connectivity index (χ2n) is 4.65. The number of aryl methyl sites for hydroxylation is 1. The first-order valence-corrected chi connectivity index (χ1v) is 6.03. The Morgan fingerprint density at radius 3 is 2.59 bits per heavy atom. The maximum atomic E-state index is 12.3. The van der Waals surface area contributed by atoms with E-state index in [0.717, 1.165) is 24.1 Å². The number of nitrogens with zero attached hydrogens (tertiary/aromatic N) is 1. The average Bonchev–Trinajstić information content (AvgIpc) is 3.08. The minimum absolute atomic E-state index is 0.00981. The standard InChI is InChI=1S/C13H16N2OS/c1-9-4-3-5-10(8-9)15(2)12(16)13(6-7-13)11(14)17/h3-5,8H,6-7H2,1-2H3,(H2,14,17). The third-order valence-corrected chi connectivity index (χ3v) is 3.72. The summed E-state index contributed by atoms with van der Waals surface area (Å²) >= 11 is 5.00. The van der Waals surface area contributed by atoms with Crippen LogP contribution in [0.3, 0.4) is 0 Å². The largest absolute Gasteiger partial charge is 0.392 e. The summed E-state index contributed by atoms with van der Waals surface area (Å²) in [5.74, 6) is 0.00981. The van der Waals surface area contributed by atoms with Gasteiger partial charge in [-0.15, -0.1) is 0 Å². The van der Waals surface area contributed by atoms with Gasteiger partial charge in [0.15, 0.2) is 0 Å². The van der Waals surface area contributed by atoms with E-state index in [1.807, 2.05) is 31.2 Å². The van der Waals surface area contributed by atoms with E-state index in [1.165, 1.54) is 0 Å². The number of hydrogen-bond acceptors (Lipinski definition) is 2. The number of amides is 1. The predicted octanol–water partition coefficient (Wildman–Crippen LogP) is 2.02. The first kappa shape index (κ1) is 12.0. The molecule has 1 aromatic carbocycles. The van der Waals surface area contributed by atoms with Gasteiger partial charge in [0, 0.05) is 12.7 Å². The van der Waals surface area contributed by atoms with E-state index in [9.17, 15) is 4.79 Å². The first-order chi connectivity index (χ1) is 7.97. The molecule has 0 bridgehead atoms. The first-order valence-electron chi connectivity index (χ1n) is 5.62. The van der Waals surface area contributed by atoms with Crippen molar-refractivity contribution in [2.45, 2.75) is 19.8 Å². The van der Waals surface area contributed by atoms with Crippen LogP contribution in [-0.2, 0) is 4.79 Å². The number of nitrogens with two attached hydrogens (primary N) is 1. The van der Waals surface area contributed by atoms with Crippen molar-refractivity contribution in [2.75, 3.05) is 11.9 Å². The van der Waals surface area contributed by atoms with E-state index in [4.69, 9.17) is 18.0 Å². The number of benzene rings is 1. The van der Waals surface area contributed by atoms with Crippen LogP contribution in [0.15, 0.2) is 24.3 Å². The number of hydrogen-bond donors (Lipinski definition) is 1. The normalized spacial score (nSPS) is 16.4. The molecule has 0 radical (unpaired) electrons. The van der Waals surface area contributed by atoms with Crippen molar-refractivity contribution in [3.05, 3.63) is 29.8 Å². The molecule has 0 atom stereocenters. The molecule has 1 fully saturated rings. The van der Waals surface area contributed by atoms with Gasteiger partial charge < -0.3 is 10.6 Å². The number of rotatable bonds is 3. The monoisotopic (exact) mass is 248 g/mol. The van der Waals surface area contributed by atoms with Gasteiger partial charge in [0.1, 0.15) is 0 Å². The van der Waals surface area contributed by atoms with E-state index >= 15 is 0 Å². The Morgan fingerprint density at radius 2 is 2.12 bits per heavy atom. The molecule has 3 nitrogen and oxygen atoms in total. The highest BCUT2D eigenvalue weighted by molar-refractivity contribution is 7.80. The van der Waals surface area contributed by atoms with Gasteiger partial charge >= 0.3 is 0 Å². The zero-order valence-corrected chi connectivity index (χ0v) is 10.9. The SMILES string of the molecule is Cc1cccc(N(C)C(=O)C2(C(N)=S)CC2)c1. The zero-order valence-electron chi connectivity index (χ0n) is 10.1. The van der Waals surface area contributed by atoms with Crippen LogP contribution in [0.2, 0.25) is 0 Å². The highest BCUT2D eigenvalue weighted by Gasteiger charge is 2.54. The molecule has 1 amide bonds. The summed E-state index contributed by atoms with van der Waals surface area (Å²) in [6.07, 6.45) is 1.55. The molecule has 1 aliphatic rings. The van der Waals surface area contributed by atoms with Crippen molar-refractivity contribution in [2.24, 2.45) is 11.1 Å². The fourth-order valence-corrected chi connectivity index (χ4v) is 2.26. The molecular weight excluding hydrogens is 232 g/mol. The Labute approximate surface area is 107 Å². The van der Waals surface area contributed by atoms with Gasteiger partial charge in [0.25, 0.3) is 0 Å². The highest BCUT2D eigenvalue weighted by atomic mass is 32.1. The molecule has 1 aromatic rings. The molecule has 0 saturated heterocycles. The summed E-state index contributed by atoms with van der Waals surface area (Å²) in [7, 11) is 1.77. The van der Waals surface area contributed by atoms with Crippen LogP contribution in [0.1, 0.15) is 18.4 Å². The topological polar surface area (TPSA) is 46.3 Å². The summed E-state index contributed by atoms with van der Waals surface area (Å²) in [6, 6.07) is 7.84. The van der Waals surface area contributed by atoms with Crippen LogP contribution in [0.5, 0.6) is 0 Å². The minimum Gasteiger partial charge on any atom is -0.392 e. The van der Waals surface area contributed by atoms with Crippen LogP contribution >= 0.6 is 12.2 Å². The molecule has 0 heterocycles. The predicted molar refractivity (Wildman–Crippen MR) is 73.0 cm³/mol. The van der Waals surface area contributed by atoms with E-state index in [1.54, 1.807) is 11.9 Å². The maximum Gasteiger partial charge on any atom is 0.239 e. The molecule has 0 aromatic heterocycles. The lowest BCUT2D eigenvalue weighted by molar-refractivity contribution is -0.121. The number of anilines is 1. The molecule has 4 heteroatoms. The van der Waals surface area contributed by atoms with Gasteiger partial charge in [-0.3, -0.25) is 4.79 Å². The summed E-state index contributed by atoms with van der Waals surface area (Å²) in [5.41, 5.74) is 7.10. The van der Waals surface area contributed by atoms with Gasteiger partial charge in [-0.25, -0.2) is 0 Å². The number of carbonyl (C=O) groups is 1. The summed E-state index contributed by atoms with van der Waals surface area (Å²) in [5, 5.41) is 0. The Bertz CT molecular complexity index is 480. The quantitative estimate of drug-likeness (QED) is 0.832. The molecule has 1 aliphatic carbocycles. The molecule has 1 saturated carbocycles. The molecule has 0 spiro atoms. The fraction of sp³-hybridized carbons (Fsp3) is 0.385. The average molecular weight is 248 g/mol. The molecule has 2 rings (SSSR count). The van der Waals surface area contributed by atoms with Crippen molar-refractivity contribution >= 4 is 28.8 Å². The van der Waals surface area contributed by atoms with Crippen LogP contribution in [-0.4, -0.2) is 17.9 Å². The van der Waals surface area contributed by atoms with Crippen molar-refractivity contribution in [1.29, 1.82) is 0 Å². The fourth-order valence-electron chi connectivity index (χ4n) is 1.97. The lowest BCUT2D eigenvalue weighted by Gasteiger charge is -2.23. The summed E-state index contributed by atoms with van der Waals surface area (Å²) in [4.78, 5) is 14.3. The molecule has 2 N–H and O–H groups in total. The van der Waals surface area contributed by atoms with E-state index in [2.05, 4.69) is 0 Å². The smallest absolute Gasteiger partial charge is 0.239 e. The van der Waals surface area contributed by atoms with Gasteiger partial charge in [0.2, 0.25) is 5.91 Å². The van der Waals surface area contributed by atoms with Gasteiger partial charge in [0.05, 0.1) is 10.4 Å². The van der Waals surface area contributed by atoms with Crippen LogP contribution in [0, 0.1) is 12.3 Å². The molecule has 17 heavy (non-hydrogen) atoms. The second kappa shape index (κ2) is 4.11.